The van der Waals surface area contributed by atoms with Gasteiger partial charge in [-0.1, -0.05) is 37.1 Å². The molecule has 2 aliphatic rings. The zero-order valence-corrected chi connectivity index (χ0v) is 12.8. The van der Waals surface area contributed by atoms with Crippen LogP contribution in [0.2, 0.25) is 0 Å². The summed E-state index contributed by atoms with van der Waals surface area (Å²) in [6.07, 6.45) is 6.23. The number of hydrogen-bond donors (Lipinski definition) is 2. The van der Waals surface area contributed by atoms with E-state index >= 15 is 0 Å². The van der Waals surface area contributed by atoms with Gasteiger partial charge in [0.25, 0.3) is 0 Å². The maximum atomic E-state index is 12.6. The van der Waals surface area contributed by atoms with Crippen LogP contribution in [0, 0.1) is 11.8 Å². The number of fused-ring (bicyclic) bond motifs is 1. The molecule has 3 atom stereocenters. The van der Waals surface area contributed by atoms with Crippen LogP contribution in [0.1, 0.15) is 55.7 Å². The summed E-state index contributed by atoms with van der Waals surface area (Å²) in [4.78, 5) is 24.0. The van der Waals surface area contributed by atoms with Gasteiger partial charge in [0.1, 0.15) is 0 Å². The normalized spacial score (nSPS) is 27.7. The predicted octanol–water partition coefficient (Wildman–Crippen LogP) is 3.07. The van der Waals surface area contributed by atoms with Crippen molar-refractivity contribution in [3.8, 4) is 0 Å². The number of amides is 1. The van der Waals surface area contributed by atoms with E-state index in [4.69, 9.17) is 0 Å². The second kappa shape index (κ2) is 6.51. The molecule has 1 aromatic rings. The van der Waals surface area contributed by atoms with Gasteiger partial charge in [-0.15, -0.1) is 0 Å². The SMILES string of the molecule is O=C(O)C1CCCCC1C(=O)NC1CCCc2ccccc21. The van der Waals surface area contributed by atoms with Crippen molar-refractivity contribution in [2.24, 2.45) is 11.8 Å². The van der Waals surface area contributed by atoms with Crippen molar-refractivity contribution >= 4 is 11.9 Å². The van der Waals surface area contributed by atoms with Gasteiger partial charge in [0, 0.05) is 0 Å². The number of aryl methyl sites for hydroxylation is 1. The van der Waals surface area contributed by atoms with Gasteiger partial charge in [-0.3, -0.25) is 9.59 Å². The van der Waals surface area contributed by atoms with Gasteiger partial charge in [-0.05, 0) is 43.2 Å². The summed E-state index contributed by atoms with van der Waals surface area (Å²) < 4.78 is 0. The van der Waals surface area contributed by atoms with Crippen molar-refractivity contribution in [3.05, 3.63) is 35.4 Å². The molecule has 1 saturated carbocycles. The minimum absolute atomic E-state index is 0.0359. The summed E-state index contributed by atoms with van der Waals surface area (Å²) in [7, 11) is 0. The van der Waals surface area contributed by atoms with Crippen LogP contribution in [-0.4, -0.2) is 17.0 Å². The molecular formula is C18H23NO3. The van der Waals surface area contributed by atoms with Crippen molar-refractivity contribution in [2.75, 3.05) is 0 Å². The lowest BCUT2D eigenvalue weighted by Gasteiger charge is -2.31. The maximum absolute atomic E-state index is 12.6. The Balaban J connectivity index is 1.73. The Morgan fingerprint density at radius 1 is 1.00 bits per heavy atom. The zero-order chi connectivity index (χ0) is 15.5. The number of benzene rings is 1. The molecule has 0 bridgehead atoms. The molecule has 0 aromatic heterocycles. The van der Waals surface area contributed by atoms with Crippen LogP contribution in [0.4, 0.5) is 0 Å². The molecule has 0 spiro atoms. The van der Waals surface area contributed by atoms with E-state index < -0.39 is 11.9 Å². The first-order valence-electron chi connectivity index (χ1n) is 8.28. The molecule has 1 amide bonds. The topological polar surface area (TPSA) is 66.4 Å². The van der Waals surface area contributed by atoms with Crippen molar-refractivity contribution in [1.29, 1.82) is 0 Å². The fourth-order valence-electron chi connectivity index (χ4n) is 3.92. The number of carbonyl (C=O) groups is 2. The van der Waals surface area contributed by atoms with Crippen LogP contribution < -0.4 is 5.32 Å². The lowest BCUT2D eigenvalue weighted by Crippen LogP contribution is -2.41. The fraction of sp³-hybridized carbons (Fsp3) is 0.556. The lowest BCUT2D eigenvalue weighted by molar-refractivity contribution is -0.149. The molecule has 3 rings (SSSR count). The van der Waals surface area contributed by atoms with Crippen molar-refractivity contribution in [3.63, 3.8) is 0 Å². The Hall–Kier alpha value is -1.84. The lowest BCUT2D eigenvalue weighted by atomic mass is 9.78. The number of rotatable bonds is 3. The molecule has 0 aliphatic heterocycles. The maximum Gasteiger partial charge on any atom is 0.307 e. The largest absolute Gasteiger partial charge is 0.481 e. The van der Waals surface area contributed by atoms with Crippen molar-refractivity contribution in [1.82, 2.24) is 5.32 Å². The Morgan fingerprint density at radius 2 is 1.73 bits per heavy atom. The quantitative estimate of drug-likeness (QED) is 0.901. The predicted molar refractivity (Wildman–Crippen MR) is 83.3 cm³/mol. The summed E-state index contributed by atoms with van der Waals surface area (Å²) in [5.74, 6) is -1.80. The first-order valence-corrected chi connectivity index (χ1v) is 8.28. The summed E-state index contributed by atoms with van der Waals surface area (Å²) in [6.45, 7) is 0. The van der Waals surface area contributed by atoms with E-state index in [9.17, 15) is 14.7 Å². The molecule has 1 aromatic carbocycles. The van der Waals surface area contributed by atoms with E-state index in [0.717, 1.165) is 32.1 Å². The minimum atomic E-state index is -0.830. The first-order chi connectivity index (χ1) is 10.7. The van der Waals surface area contributed by atoms with Gasteiger partial charge in [-0.25, -0.2) is 0 Å². The van der Waals surface area contributed by atoms with Crippen LogP contribution in [0.3, 0.4) is 0 Å². The standard InChI is InChI=1S/C18H23NO3/c20-17(14-9-3-4-10-15(14)18(21)22)19-16-11-5-7-12-6-1-2-8-13(12)16/h1-2,6,8,14-16H,3-5,7,9-11H2,(H,19,20)(H,21,22). The van der Waals surface area contributed by atoms with Crippen LogP contribution >= 0.6 is 0 Å². The third-order valence-electron chi connectivity index (χ3n) is 5.11. The number of carbonyl (C=O) groups excluding carboxylic acids is 1. The average Bonchev–Trinajstić information content (AvgIpc) is 2.55. The fourth-order valence-corrected chi connectivity index (χ4v) is 3.92. The molecule has 22 heavy (non-hydrogen) atoms. The third-order valence-corrected chi connectivity index (χ3v) is 5.11. The van der Waals surface area contributed by atoms with Gasteiger partial charge in [-0.2, -0.15) is 0 Å². The number of carboxylic acid groups (broad SMARTS) is 1. The molecule has 0 saturated heterocycles. The molecule has 1 fully saturated rings. The smallest absolute Gasteiger partial charge is 0.307 e. The highest BCUT2D eigenvalue weighted by Gasteiger charge is 2.36. The van der Waals surface area contributed by atoms with E-state index in [2.05, 4.69) is 17.4 Å². The summed E-state index contributed by atoms with van der Waals surface area (Å²) >= 11 is 0. The monoisotopic (exact) mass is 301 g/mol. The molecule has 3 unspecified atom stereocenters. The van der Waals surface area contributed by atoms with Crippen LogP contribution in [-0.2, 0) is 16.0 Å². The molecule has 2 N–H and O–H groups in total. The molecule has 4 heteroatoms. The number of hydrogen-bond acceptors (Lipinski definition) is 2. The van der Waals surface area contributed by atoms with Gasteiger partial charge in [0.2, 0.25) is 5.91 Å². The van der Waals surface area contributed by atoms with E-state index in [1.54, 1.807) is 0 Å². The van der Waals surface area contributed by atoms with Crippen LogP contribution in [0.25, 0.3) is 0 Å². The van der Waals surface area contributed by atoms with Gasteiger partial charge < -0.3 is 10.4 Å². The Kier molecular flexibility index (Phi) is 4.46. The molecule has 0 heterocycles. The molecule has 2 aliphatic carbocycles. The highest BCUT2D eigenvalue weighted by Crippen LogP contribution is 2.33. The van der Waals surface area contributed by atoms with Gasteiger partial charge >= 0.3 is 5.97 Å². The second-order valence-electron chi connectivity index (χ2n) is 6.49. The second-order valence-corrected chi connectivity index (χ2v) is 6.49. The summed E-state index contributed by atoms with van der Waals surface area (Å²) in [6, 6.07) is 8.27. The molecule has 4 nitrogen and oxygen atoms in total. The highest BCUT2D eigenvalue weighted by atomic mass is 16.4. The Labute approximate surface area is 130 Å². The number of aliphatic carboxylic acids is 1. The van der Waals surface area contributed by atoms with E-state index in [0.29, 0.717) is 12.8 Å². The van der Waals surface area contributed by atoms with E-state index in [1.165, 1.54) is 11.1 Å². The van der Waals surface area contributed by atoms with Gasteiger partial charge in [0.15, 0.2) is 0 Å². The van der Waals surface area contributed by atoms with Crippen LogP contribution in [0.5, 0.6) is 0 Å². The molecule has 118 valence electrons. The molecular weight excluding hydrogens is 278 g/mol. The van der Waals surface area contributed by atoms with Crippen molar-refractivity contribution < 1.29 is 14.7 Å². The van der Waals surface area contributed by atoms with Crippen LogP contribution in [0.15, 0.2) is 24.3 Å². The average molecular weight is 301 g/mol. The first kappa shape index (κ1) is 15.1. The summed E-state index contributed by atoms with van der Waals surface area (Å²) in [5, 5.41) is 12.5. The highest BCUT2D eigenvalue weighted by molar-refractivity contribution is 5.85. The number of carboxylic acids is 1. The number of nitrogens with one attached hydrogen (secondary N) is 1. The van der Waals surface area contributed by atoms with Crippen molar-refractivity contribution in [2.45, 2.75) is 51.0 Å². The Morgan fingerprint density at radius 3 is 2.50 bits per heavy atom. The van der Waals surface area contributed by atoms with Gasteiger partial charge in [0.05, 0.1) is 17.9 Å². The minimum Gasteiger partial charge on any atom is -0.481 e. The van der Waals surface area contributed by atoms with E-state index in [-0.39, 0.29) is 17.9 Å². The summed E-state index contributed by atoms with van der Waals surface area (Å²) in [5.41, 5.74) is 2.50. The third kappa shape index (κ3) is 3.01. The zero-order valence-electron chi connectivity index (χ0n) is 12.8. The van der Waals surface area contributed by atoms with E-state index in [1.807, 2.05) is 12.1 Å². The Bertz CT molecular complexity index is 569. The molecule has 0 radical (unpaired) electrons.